The molecule has 4 bridgehead atoms. The number of Topliss-reactive ketones (excluding diaryl/α,β-unsaturated/α-hetero) is 5. The van der Waals surface area contributed by atoms with Crippen molar-refractivity contribution < 1.29 is 43.8 Å². The molecule has 0 unspecified atom stereocenters. The predicted molar refractivity (Wildman–Crippen MR) is 228 cm³/mol. The summed E-state index contributed by atoms with van der Waals surface area (Å²) in [6.07, 6.45) is 7.52. The van der Waals surface area contributed by atoms with Gasteiger partial charge >= 0.3 is 0 Å². The number of nitrogens with two attached hydrogens (primary N) is 1. The zero-order valence-electron chi connectivity index (χ0n) is 35.2. The molecule has 0 aliphatic carbocycles. The fourth-order valence-electron chi connectivity index (χ4n) is 7.66. The maximum absolute atomic E-state index is 14.4. The van der Waals surface area contributed by atoms with Crippen LogP contribution in [0, 0.1) is 17.8 Å². The van der Waals surface area contributed by atoms with Gasteiger partial charge in [0, 0.05) is 74.5 Å². The van der Waals surface area contributed by atoms with Crippen molar-refractivity contribution in [1.82, 2.24) is 10.2 Å². The second kappa shape index (κ2) is 24.6. The molecule has 0 radical (unpaired) electrons. The van der Waals surface area contributed by atoms with Gasteiger partial charge in [-0.25, -0.2) is 0 Å². The van der Waals surface area contributed by atoms with Gasteiger partial charge in [0.05, 0.1) is 11.9 Å². The molecular weight excluding hydrogens is 774 g/mol. The lowest BCUT2D eigenvalue weighted by Crippen LogP contribution is -2.46. The lowest BCUT2D eigenvalue weighted by molar-refractivity contribution is -0.144. The number of fused-ring (bicyclic) bond motifs is 5. The number of phenolic OH excluding ortho intramolecular Hbond substituents is 2. The van der Waals surface area contributed by atoms with Crippen LogP contribution in [0.1, 0.15) is 134 Å². The summed E-state index contributed by atoms with van der Waals surface area (Å²) in [4.78, 5) is 95.5. The number of carbonyl (C=O) groups is 7. The number of carbonyl (C=O) groups excluding carboxylic acids is 7. The van der Waals surface area contributed by atoms with E-state index in [1.165, 1.54) is 36.2 Å². The number of unbranched alkanes of at least 4 members (excludes halogenated alkanes) is 5. The summed E-state index contributed by atoms with van der Waals surface area (Å²) in [5.41, 5.74) is 6.99. The van der Waals surface area contributed by atoms with Crippen molar-refractivity contribution >= 4 is 52.3 Å². The molecule has 324 valence electrons. The predicted octanol–water partition coefficient (Wildman–Crippen LogP) is 7.11. The average Bonchev–Trinajstić information content (AvgIpc) is 3.20. The second-order valence-corrected chi connectivity index (χ2v) is 16.5. The Labute approximate surface area is 354 Å². The maximum Gasteiger partial charge on any atom is 0.226 e. The van der Waals surface area contributed by atoms with Gasteiger partial charge in [-0.1, -0.05) is 65.0 Å². The van der Waals surface area contributed by atoms with Crippen LogP contribution in [0.5, 0.6) is 11.5 Å². The number of nitrogens with zero attached hydrogens (tertiary/aromatic N) is 1. The monoisotopic (exact) mass is 837 g/mol. The number of ketones is 5. The topological polar surface area (TPSA) is 201 Å². The van der Waals surface area contributed by atoms with Gasteiger partial charge in [-0.2, -0.15) is 0 Å². The Kier molecular flexibility index (Phi) is 20.4. The van der Waals surface area contributed by atoms with E-state index in [0.29, 0.717) is 56.2 Å². The van der Waals surface area contributed by atoms with Crippen molar-refractivity contribution in [2.75, 3.05) is 19.5 Å². The maximum atomic E-state index is 14.4. The van der Waals surface area contributed by atoms with Gasteiger partial charge in [0.25, 0.3) is 0 Å². The largest absolute Gasteiger partial charge is 0.507 e. The molecule has 12 nitrogen and oxygen atoms in total. The Morgan fingerprint density at radius 2 is 1.49 bits per heavy atom. The first-order chi connectivity index (χ1) is 28.1. The summed E-state index contributed by atoms with van der Waals surface area (Å²) < 4.78 is 0. The normalized spacial score (nSPS) is 18.0. The summed E-state index contributed by atoms with van der Waals surface area (Å²) in [7, 11) is 1.47. The van der Waals surface area contributed by atoms with Crippen LogP contribution in [0.25, 0.3) is 11.1 Å². The highest BCUT2D eigenvalue weighted by Gasteiger charge is 2.36. The standard InChI is InChI=1S/C46H64ClN3O9/c1-5-6-7-8-9-14-34(51)15-12-16-35(52)26-33(13-10-11-21-48)46(59)50(4)44-32-18-20-40(54)37(27-32)36-24-31(17-19-39(36)53)25-38(41(55)22-29(2)43(57)28-47)49-45(58)30(3)23-42(44)56/h17-20,24,27,29-30,33,38,44,53-54H,5-16,21-23,25-26,28,48H2,1-4H3,(H,49,58)/t29-,30-,33-,38+,44+/m1/s1. The van der Waals surface area contributed by atoms with Gasteiger partial charge in [-0.15, -0.1) is 11.6 Å². The Hall–Kier alpha value is -4.42. The molecule has 5 atom stereocenters. The molecule has 1 aliphatic heterocycles. The van der Waals surface area contributed by atoms with E-state index in [1.54, 1.807) is 26.0 Å². The number of alkyl halides is 1. The van der Waals surface area contributed by atoms with Crippen LogP contribution in [0.15, 0.2) is 36.4 Å². The first-order valence-electron chi connectivity index (χ1n) is 21.2. The van der Waals surface area contributed by atoms with E-state index in [9.17, 15) is 43.8 Å². The molecule has 2 aromatic carbocycles. The van der Waals surface area contributed by atoms with Crippen molar-refractivity contribution in [3.05, 3.63) is 47.5 Å². The summed E-state index contributed by atoms with van der Waals surface area (Å²) in [5, 5.41) is 24.9. The van der Waals surface area contributed by atoms with Gasteiger partial charge in [0.15, 0.2) is 17.3 Å². The molecule has 1 aliphatic rings. The van der Waals surface area contributed by atoms with Gasteiger partial charge < -0.3 is 26.2 Å². The highest BCUT2D eigenvalue weighted by Crippen LogP contribution is 2.39. The van der Waals surface area contributed by atoms with E-state index < -0.39 is 53.2 Å². The SMILES string of the molecule is CCCCCCCC(=O)CCCC(=O)C[C@@H](CCCCN)C(=O)N(C)[C@@H]1C(=O)C[C@@H](C)C(=O)N[C@H](C(=O)C[C@@H](C)C(=O)CCl)Cc2ccc(O)c(c2)-c2cc1ccc2O. The van der Waals surface area contributed by atoms with Gasteiger partial charge in [-0.05, 0) is 74.0 Å². The number of benzene rings is 2. The molecule has 0 saturated heterocycles. The van der Waals surface area contributed by atoms with Crippen LogP contribution in [-0.4, -0.2) is 81.4 Å². The number of hydrogen-bond acceptors (Lipinski definition) is 10. The molecule has 3 rings (SSSR count). The second-order valence-electron chi connectivity index (χ2n) is 16.3. The number of hydrogen-bond donors (Lipinski definition) is 4. The van der Waals surface area contributed by atoms with Gasteiger partial charge in [-0.3, -0.25) is 33.6 Å². The molecule has 59 heavy (non-hydrogen) atoms. The first kappa shape index (κ1) is 48.9. The number of aromatic hydroxyl groups is 2. The van der Waals surface area contributed by atoms with Crippen molar-refractivity contribution in [3.8, 4) is 22.6 Å². The Bertz CT molecular complexity index is 1800. The number of nitrogens with one attached hydrogen (secondary N) is 1. The smallest absolute Gasteiger partial charge is 0.226 e. The van der Waals surface area contributed by atoms with Crippen molar-refractivity contribution in [2.45, 2.75) is 136 Å². The summed E-state index contributed by atoms with van der Waals surface area (Å²) in [5.74, 6) is -5.40. The summed E-state index contributed by atoms with van der Waals surface area (Å²) in [6, 6.07) is 6.62. The number of likely N-dealkylation sites (N-methyl/N-ethyl adjacent to an activating group) is 1. The van der Waals surface area contributed by atoms with Crippen LogP contribution < -0.4 is 11.1 Å². The average molecular weight is 838 g/mol. The van der Waals surface area contributed by atoms with E-state index >= 15 is 0 Å². The minimum atomic E-state index is -1.26. The van der Waals surface area contributed by atoms with Crippen molar-refractivity contribution in [1.29, 1.82) is 0 Å². The molecule has 0 fully saturated rings. The number of phenols is 2. The van der Waals surface area contributed by atoms with Crippen LogP contribution >= 0.6 is 11.6 Å². The van der Waals surface area contributed by atoms with E-state index in [1.807, 2.05) is 0 Å². The highest BCUT2D eigenvalue weighted by atomic mass is 35.5. The van der Waals surface area contributed by atoms with Crippen LogP contribution in [0.3, 0.4) is 0 Å². The zero-order chi connectivity index (χ0) is 43.6. The molecule has 5 N–H and O–H groups in total. The first-order valence-corrected chi connectivity index (χ1v) is 21.7. The molecule has 0 saturated carbocycles. The number of halogens is 1. The minimum Gasteiger partial charge on any atom is -0.507 e. The highest BCUT2D eigenvalue weighted by molar-refractivity contribution is 6.28. The van der Waals surface area contributed by atoms with Crippen molar-refractivity contribution in [3.63, 3.8) is 0 Å². The van der Waals surface area contributed by atoms with E-state index in [0.717, 1.165) is 32.1 Å². The lowest BCUT2D eigenvalue weighted by atomic mass is 9.87. The van der Waals surface area contributed by atoms with E-state index in [-0.39, 0.29) is 78.0 Å². The Morgan fingerprint density at radius 1 is 0.847 bits per heavy atom. The number of amides is 2. The fourth-order valence-corrected chi connectivity index (χ4v) is 7.92. The molecule has 1 heterocycles. The molecule has 13 heteroatoms. The molecular formula is C46H64ClN3O9. The van der Waals surface area contributed by atoms with E-state index in [2.05, 4.69) is 12.2 Å². The third kappa shape index (κ3) is 15.0. The molecule has 2 amide bonds. The fraction of sp³-hybridized carbons (Fsp3) is 0.587. The Morgan fingerprint density at radius 3 is 2.17 bits per heavy atom. The third-order valence-electron chi connectivity index (χ3n) is 11.3. The van der Waals surface area contributed by atoms with Gasteiger partial charge in [0.2, 0.25) is 11.8 Å². The van der Waals surface area contributed by atoms with Crippen LogP contribution in [0.2, 0.25) is 0 Å². The zero-order valence-corrected chi connectivity index (χ0v) is 36.0. The molecule has 2 aromatic rings. The lowest BCUT2D eigenvalue weighted by Gasteiger charge is -2.32. The van der Waals surface area contributed by atoms with Crippen molar-refractivity contribution in [2.24, 2.45) is 23.5 Å². The van der Waals surface area contributed by atoms with Crippen LogP contribution in [0.4, 0.5) is 0 Å². The van der Waals surface area contributed by atoms with Crippen LogP contribution in [-0.2, 0) is 40.0 Å². The third-order valence-corrected chi connectivity index (χ3v) is 11.6. The minimum absolute atomic E-state index is 0.000317. The Balaban J connectivity index is 1.96. The van der Waals surface area contributed by atoms with Gasteiger partial charge in [0.1, 0.15) is 29.1 Å². The quantitative estimate of drug-likeness (QED) is 0.0660. The molecule has 0 spiro atoms. The molecule has 0 aromatic heterocycles. The number of rotatable bonds is 23. The van der Waals surface area contributed by atoms with E-state index in [4.69, 9.17) is 17.3 Å². The summed E-state index contributed by atoms with van der Waals surface area (Å²) in [6.45, 7) is 5.66. The summed E-state index contributed by atoms with van der Waals surface area (Å²) >= 11 is 5.73.